The molecule has 22 heavy (non-hydrogen) atoms. The normalized spacial score (nSPS) is 10.7. The van der Waals surface area contributed by atoms with Gasteiger partial charge in [0.15, 0.2) is 0 Å². The summed E-state index contributed by atoms with van der Waals surface area (Å²) in [7, 11) is 0. The second-order valence-electron chi connectivity index (χ2n) is 4.87. The van der Waals surface area contributed by atoms with Crippen molar-refractivity contribution in [2.75, 3.05) is 6.61 Å². The first kappa shape index (κ1) is 15.7. The van der Waals surface area contributed by atoms with Crippen molar-refractivity contribution in [2.24, 2.45) is 0 Å². The van der Waals surface area contributed by atoms with Gasteiger partial charge in [-0.15, -0.1) is 0 Å². The minimum absolute atomic E-state index is 0.117. The molecule has 7 nitrogen and oxygen atoms in total. The van der Waals surface area contributed by atoms with Gasteiger partial charge in [-0.2, -0.15) is 5.10 Å². The Balaban J connectivity index is 2.80. The summed E-state index contributed by atoms with van der Waals surface area (Å²) < 4.78 is 6.87. The first-order valence-corrected chi connectivity index (χ1v) is 6.95. The number of hydrogen-bond acceptors (Lipinski definition) is 5. The van der Waals surface area contributed by atoms with E-state index in [4.69, 9.17) is 4.74 Å². The highest BCUT2D eigenvalue weighted by molar-refractivity contribution is 5.86. The summed E-state index contributed by atoms with van der Waals surface area (Å²) in [6.45, 7) is 5.23. The topological polar surface area (TPSA) is 83.2 Å². The maximum atomic E-state index is 12.5. The molecule has 0 radical (unpaired) electrons. The Morgan fingerprint density at radius 1 is 1.23 bits per heavy atom. The Kier molecular flexibility index (Phi) is 4.55. The van der Waals surface area contributed by atoms with Crippen molar-refractivity contribution >= 4 is 5.97 Å². The van der Waals surface area contributed by atoms with E-state index in [0.717, 1.165) is 9.25 Å². The van der Waals surface area contributed by atoms with Crippen LogP contribution in [0.2, 0.25) is 0 Å². The van der Waals surface area contributed by atoms with Crippen LogP contribution in [-0.4, -0.2) is 26.9 Å². The average molecular weight is 303 g/mol. The van der Waals surface area contributed by atoms with E-state index in [1.807, 2.05) is 0 Å². The summed E-state index contributed by atoms with van der Waals surface area (Å²) in [5, 5.41) is 3.87. The van der Waals surface area contributed by atoms with Gasteiger partial charge in [0.25, 0.3) is 5.56 Å². The predicted molar refractivity (Wildman–Crippen MR) is 80.4 cm³/mol. The molecular weight excluding hydrogens is 286 g/mol. The second kappa shape index (κ2) is 6.38. The van der Waals surface area contributed by atoms with Crippen molar-refractivity contribution in [2.45, 2.75) is 26.8 Å². The van der Waals surface area contributed by atoms with E-state index in [1.165, 1.54) is 0 Å². The van der Waals surface area contributed by atoms with Gasteiger partial charge in [0, 0.05) is 0 Å². The largest absolute Gasteiger partial charge is 0.461 e. The molecule has 0 aliphatic rings. The van der Waals surface area contributed by atoms with Gasteiger partial charge in [-0.1, -0.05) is 18.2 Å². The van der Waals surface area contributed by atoms with Crippen LogP contribution < -0.4 is 11.2 Å². The number of hydrogen-bond donors (Lipinski definition) is 0. The molecule has 0 amide bonds. The Morgan fingerprint density at radius 3 is 2.41 bits per heavy atom. The van der Waals surface area contributed by atoms with Gasteiger partial charge in [0.1, 0.15) is 0 Å². The van der Waals surface area contributed by atoms with Crippen molar-refractivity contribution in [3.8, 4) is 5.69 Å². The van der Waals surface area contributed by atoms with E-state index >= 15 is 0 Å². The lowest BCUT2D eigenvalue weighted by molar-refractivity contribution is 0.0512. The lowest BCUT2D eigenvalue weighted by Gasteiger charge is -2.13. The number of rotatable bonds is 4. The number of carbonyl (C=O) groups is 1. The molecule has 0 N–H and O–H groups in total. The SMILES string of the molecule is CCOC(=O)c1nn(C(C)C)c(=O)n(-c2ccccc2)c1=O. The fourth-order valence-corrected chi connectivity index (χ4v) is 1.96. The molecule has 1 heterocycles. The number of esters is 1. The Labute approximate surface area is 126 Å². The summed E-state index contributed by atoms with van der Waals surface area (Å²) in [6.07, 6.45) is 0. The number of benzene rings is 1. The molecule has 0 saturated heterocycles. The molecule has 0 unspecified atom stereocenters. The molecular formula is C15H17N3O4. The molecule has 7 heteroatoms. The molecule has 0 aliphatic heterocycles. The van der Waals surface area contributed by atoms with Crippen molar-refractivity contribution < 1.29 is 9.53 Å². The van der Waals surface area contributed by atoms with Crippen LogP contribution in [0.25, 0.3) is 5.69 Å². The number of ether oxygens (including phenoxy) is 1. The molecule has 0 atom stereocenters. The third-order valence-electron chi connectivity index (χ3n) is 2.97. The lowest BCUT2D eigenvalue weighted by Crippen LogP contribution is -2.44. The number of nitrogens with zero attached hydrogens (tertiary/aromatic N) is 3. The van der Waals surface area contributed by atoms with Gasteiger partial charge in [0.05, 0.1) is 18.3 Å². The van der Waals surface area contributed by atoms with Crippen LogP contribution in [0.1, 0.15) is 37.3 Å². The summed E-state index contributed by atoms with van der Waals surface area (Å²) in [5.41, 5.74) is -1.41. The van der Waals surface area contributed by atoms with Crippen LogP contribution in [-0.2, 0) is 4.74 Å². The third kappa shape index (κ3) is 2.83. The van der Waals surface area contributed by atoms with E-state index in [1.54, 1.807) is 51.1 Å². The second-order valence-corrected chi connectivity index (χ2v) is 4.87. The number of carbonyl (C=O) groups excluding carboxylic acids is 1. The highest BCUT2D eigenvalue weighted by atomic mass is 16.5. The van der Waals surface area contributed by atoms with Gasteiger partial charge in [-0.05, 0) is 32.9 Å². The fourth-order valence-electron chi connectivity index (χ4n) is 1.96. The molecule has 0 spiro atoms. The highest BCUT2D eigenvalue weighted by Gasteiger charge is 2.22. The van der Waals surface area contributed by atoms with E-state index in [-0.39, 0.29) is 12.6 Å². The summed E-state index contributed by atoms with van der Waals surface area (Å²) in [6, 6.07) is 8.08. The van der Waals surface area contributed by atoms with Crippen molar-refractivity contribution in [3.05, 3.63) is 56.9 Å². The lowest BCUT2D eigenvalue weighted by atomic mass is 10.3. The summed E-state index contributed by atoms with van der Waals surface area (Å²) in [5.74, 6) is -0.841. The number of para-hydroxylation sites is 1. The Morgan fingerprint density at radius 2 is 1.86 bits per heavy atom. The third-order valence-corrected chi connectivity index (χ3v) is 2.97. The summed E-state index contributed by atoms with van der Waals surface area (Å²) in [4.78, 5) is 36.9. The molecule has 0 saturated carbocycles. The molecule has 116 valence electrons. The molecule has 2 aromatic rings. The van der Waals surface area contributed by atoms with E-state index in [9.17, 15) is 14.4 Å². The van der Waals surface area contributed by atoms with Gasteiger partial charge in [0.2, 0.25) is 5.69 Å². The molecule has 1 aromatic carbocycles. The van der Waals surface area contributed by atoms with Gasteiger partial charge in [-0.3, -0.25) is 4.79 Å². The minimum atomic E-state index is -0.841. The van der Waals surface area contributed by atoms with Crippen LogP contribution in [0.4, 0.5) is 0 Å². The van der Waals surface area contributed by atoms with Gasteiger partial charge >= 0.3 is 11.7 Å². The molecule has 1 aromatic heterocycles. The zero-order valence-corrected chi connectivity index (χ0v) is 12.6. The highest BCUT2D eigenvalue weighted by Crippen LogP contribution is 2.04. The Bertz CT molecular complexity index is 791. The first-order chi connectivity index (χ1) is 10.5. The van der Waals surface area contributed by atoms with Crippen LogP contribution in [0, 0.1) is 0 Å². The minimum Gasteiger partial charge on any atom is -0.461 e. The monoisotopic (exact) mass is 303 g/mol. The van der Waals surface area contributed by atoms with Crippen LogP contribution in [0.5, 0.6) is 0 Å². The molecule has 2 rings (SSSR count). The quantitative estimate of drug-likeness (QED) is 0.791. The Hall–Kier alpha value is -2.70. The van der Waals surface area contributed by atoms with Crippen LogP contribution in [0.15, 0.2) is 39.9 Å². The first-order valence-electron chi connectivity index (χ1n) is 6.95. The average Bonchev–Trinajstić information content (AvgIpc) is 2.48. The standard InChI is InChI=1S/C15H17N3O4/c1-4-22-14(20)12-13(19)17(11-8-6-5-7-9-11)15(21)18(16-12)10(2)3/h5-10H,4H2,1-3H3. The van der Waals surface area contributed by atoms with Crippen molar-refractivity contribution in [1.29, 1.82) is 0 Å². The zero-order chi connectivity index (χ0) is 16.3. The van der Waals surface area contributed by atoms with Crippen LogP contribution in [0.3, 0.4) is 0 Å². The van der Waals surface area contributed by atoms with E-state index in [2.05, 4.69) is 5.10 Å². The predicted octanol–water partition coefficient (Wildman–Crippen LogP) is 1.15. The van der Waals surface area contributed by atoms with Crippen molar-refractivity contribution in [1.82, 2.24) is 14.3 Å². The molecule has 0 bridgehead atoms. The van der Waals surface area contributed by atoms with Gasteiger partial charge < -0.3 is 4.74 Å². The fraction of sp³-hybridized carbons (Fsp3) is 0.333. The maximum absolute atomic E-state index is 12.5. The molecule has 0 fully saturated rings. The van der Waals surface area contributed by atoms with Crippen LogP contribution >= 0.6 is 0 Å². The smallest absolute Gasteiger partial charge is 0.364 e. The zero-order valence-electron chi connectivity index (χ0n) is 12.6. The summed E-state index contributed by atoms with van der Waals surface area (Å²) >= 11 is 0. The maximum Gasteiger partial charge on any atom is 0.364 e. The molecule has 0 aliphatic carbocycles. The van der Waals surface area contributed by atoms with E-state index < -0.39 is 22.9 Å². The van der Waals surface area contributed by atoms with Gasteiger partial charge in [-0.25, -0.2) is 18.8 Å². The van der Waals surface area contributed by atoms with Crippen molar-refractivity contribution in [3.63, 3.8) is 0 Å². The number of aromatic nitrogens is 3. The van der Waals surface area contributed by atoms with E-state index in [0.29, 0.717) is 5.69 Å².